The van der Waals surface area contributed by atoms with Crippen molar-refractivity contribution in [2.45, 2.75) is 37.5 Å². The molecule has 1 aromatic rings. The molecule has 0 spiro atoms. The first-order valence-corrected chi connectivity index (χ1v) is 9.69. The first-order valence-electron chi connectivity index (χ1n) is 9.69. The van der Waals surface area contributed by atoms with E-state index in [4.69, 9.17) is 0 Å². The number of alkyl halides is 3. The van der Waals surface area contributed by atoms with Crippen molar-refractivity contribution in [3.8, 4) is 0 Å². The van der Waals surface area contributed by atoms with Crippen molar-refractivity contribution < 1.29 is 23.1 Å². The second kappa shape index (κ2) is 8.29. The van der Waals surface area contributed by atoms with E-state index < -0.39 is 11.7 Å². The number of piperidine rings is 2. The van der Waals surface area contributed by atoms with Crippen LogP contribution in [0.25, 0.3) is 0 Å². The van der Waals surface area contributed by atoms with Gasteiger partial charge in [-0.15, -0.1) is 0 Å². The molecule has 1 aliphatic carbocycles. The molecule has 28 heavy (non-hydrogen) atoms. The van der Waals surface area contributed by atoms with E-state index in [1.165, 1.54) is 6.07 Å². The summed E-state index contributed by atoms with van der Waals surface area (Å²) < 4.78 is 39.1. The smallest absolute Gasteiger partial charge is 0.396 e. The normalized spacial score (nSPS) is 25.8. The zero-order chi connectivity index (χ0) is 20.5. The number of hydrogen-bond donors (Lipinski definition) is 2. The highest BCUT2D eigenvalue weighted by Crippen LogP contribution is 2.39. The van der Waals surface area contributed by atoms with Crippen molar-refractivity contribution in [3.05, 3.63) is 35.4 Å². The number of urea groups is 1. The average molecular weight is 399 g/mol. The van der Waals surface area contributed by atoms with Crippen LogP contribution in [0.15, 0.2) is 24.3 Å². The molecule has 5 nitrogen and oxygen atoms in total. The van der Waals surface area contributed by atoms with E-state index in [0.717, 1.165) is 31.4 Å². The molecule has 2 saturated heterocycles. The highest BCUT2D eigenvalue weighted by Gasteiger charge is 2.42. The van der Waals surface area contributed by atoms with Crippen LogP contribution in [0.1, 0.15) is 36.4 Å². The Morgan fingerprint density at radius 3 is 2.71 bits per heavy atom. The number of benzene rings is 1. The Morgan fingerprint density at radius 2 is 2.11 bits per heavy atom. The molecule has 4 unspecified atom stereocenters. The van der Waals surface area contributed by atoms with Crippen molar-refractivity contribution >= 4 is 6.03 Å². The molecular formula is C20H28F3N3O2. The van der Waals surface area contributed by atoms with Crippen LogP contribution in [0.5, 0.6) is 0 Å². The number of carbonyl (C=O) groups is 1. The third kappa shape index (κ3) is 4.43. The third-order valence-electron chi connectivity index (χ3n) is 6.07. The lowest BCUT2D eigenvalue weighted by Crippen LogP contribution is -2.59. The summed E-state index contributed by atoms with van der Waals surface area (Å²) >= 11 is 0. The zero-order valence-corrected chi connectivity index (χ0v) is 16.2. The molecule has 2 N–H and O–H groups in total. The van der Waals surface area contributed by atoms with Gasteiger partial charge in [0.25, 0.3) is 0 Å². The van der Waals surface area contributed by atoms with Crippen LogP contribution in [0.4, 0.5) is 18.0 Å². The quantitative estimate of drug-likeness (QED) is 0.800. The number of nitrogens with one attached hydrogen (secondary N) is 1. The summed E-state index contributed by atoms with van der Waals surface area (Å²) in [6.45, 7) is 0.976. The highest BCUT2D eigenvalue weighted by molar-refractivity contribution is 5.75. The summed E-state index contributed by atoms with van der Waals surface area (Å²) in [6, 6.07) is 4.70. The lowest BCUT2D eigenvalue weighted by Gasteiger charge is -2.49. The fourth-order valence-electron chi connectivity index (χ4n) is 4.57. The van der Waals surface area contributed by atoms with Gasteiger partial charge in [0.15, 0.2) is 0 Å². The summed E-state index contributed by atoms with van der Waals surface area (Å²) in [5.74, 6) is 0.535. The van der Waals surface area contributed by atoms with Gasteiger partial charge in [-0.1, -0.05) is 12.1 Å². The van der Waals surface area contributed by atoms with E-state index in [1.54, 1.807) is 30.0 Å². The minimum absolute atomic E-state index is 0.0429. The number of rotatable bonds is 5. The van der Waals surface area contributed by atoms with Crippen molar-refractivity contribution in [2.24, 2.45) is 11.8 Å². The Kier molecular flexibility index (Phi) is 6.19. The number of aliphatic hydroxyl groups is 1. The topological polar surface area (TPSA) is 55.8 Å². The van der Waals surface area contributed by atoms with Gasteiger partial charge in [0.2, 0.25) is 0 Å². The lowest BCUT2D eigenvalue weighted by atomic mass is 9.73. The number of carbonyl (C=O) groups excluding carboxylic acids is 1. The second-order valence-corrected chi connectivity index (χ2v) is 8.13. The van der Waals surface area contributed by atoms with Gasteiger partial charge in [-0.05, 0) is 57.0 Å². The van der Waals surface area contributed by atoms with Crippen LogP contribution in [0, 0.1) is 11.8 Å². The number of halogens is 3. The van der Waals surface area contributed by atoms with Gasteiger partial charge >= 0.3 is 12.2 Å². The molecule has 156 valence electrons. The molecule has 1 aromatic carbocycles. The molecule has 2 amide bonds. The van der Waals surface area contributed by atoms with Crippen LogP contribution < -0.4 is 5.32 Å². The molecule has 2 heterocycles. The maximum absolute atomic E-state index is 13.0. The predicted octanol–water partition coefficient (Wildman–Crippen LogP) is 3.11. The average Bonchev–Trinajstić information content (AvgIpc) is 2.67. The summed E-state index contributed by atoms with van der Waals surface area (Å²) in [6.07, 6.45) is -1.47. The van der Waals surface area contributed by atoms with Crippen molar-refractivity contribution in [1.29, 1.82) is 0 Å². The standard InChI is InChI=1S/C20H28F3N3O2/c1-25(2)18(14-4-3-5-16(9-14)20(21,22)23)10-24-19(28)26-11-13-6-7-17(26)15(8-13)12-27/h3-5,9,13,15,17-18,27H,6-8,10-12H2,1-2H3,(H,24,28). The van der Waals surface area contributed by atoms with Gasteiger partial charge in [-0.25, -0.2) is 4.79 Å². The van der Waals surface area contributed by atoms with Crippen molar-refractivity contribution in [2.75, 3.05) is 33.8 Å². The molecular weight excluding hydrogens is 371 g/mol. The van der Waals surface area contributed by atoms with Crippen LogP contribution in [0.3, 0.4) is 0 Å². The fourth-order valence-corrected chi connectivity index (χ4v) is 4.57. The number of amides is 2. The van der Waals surface area contributed by atoms with Gasteiger partial charge < -0.3 is 20.2 Å². The molecule has 3 fully saturated rings. The summed E-state index contributed by atoms with van der Waals surface area (Å²) in [5, 5.41) is 12.5. The fraction of sp³-hybridized carbons (Fsp3) is 0.650. The third-order valence-corrected chi connectivity index (χ3v) is 6.07. The predicted molar refractivity (Wildman–Crippen MR) is 99.7 cm³/mol. The molecule has 4 rings (SSSR count). The van der Waals surface area contributed by atoms with Crippen molar-refractivity contribution in [1.82, 2.24) is 15.1 Å². The number of nitrogens with zero attached hydrogens (tertiary/aromatic N) is 2. The van der Waals surface area contributed by atoms with Gasteiger partial charge in [-0.2, -0.15) is 13.2 Å². The Labute approximate surface area is 163 Å². The van der Waals surface area contributed by atoms with E-state index in [0.29, 0.717) is 18.0 Å². The SMILES string of the molecule is CN(C)C(CNC(=O)N1CC2CCC1C(CO)C2)c1cccc(C(F)(F)F)c1. The number of hydrogen-bond acceptors (Lipinski definition) is 3. The van der Waals surface area contributed by atoms with E-state index in [-0.39, 0.29) is 37.2 Å². The summed E-state index contributed by atoms with van der Waals surface area (Å²) in [7, 11) is 3.56. The molecule has 8 heteroatoms. The molecule has 0 radical (unpaired) electrons. The number of likely N-dealkylation sites (N-methyl/N-ethyl adjacent to an activating group) is 1. The lowest BCUT2D eigenvalue weighted by molar-refractivity contribution is -0.137. The van der Waals surface area contributed by atoms with Crippen LogP contribution >= 0.6 is 0 Å². The van der Waals surface area contributed by atoms with Gasteiger partial charge in [0, 0.05) is 31.7 Å². The zero-order valence-electron chi connectivity index (χ0n) is 16.2. The van der Waals surface area contributed by atoms with Crippen molar-refractivity contribution in [3.63, 3.8) is 0 Å². The Hall–Kier alpha value is -1.80. The maximum atomic E-state index is 13.0. The largest absolute Gasteiger partial charge is 0.416 e. The molecule has 1 saturated carbocycles. The molecule has 0 aromatic heterocycles. The first kappa shape index (κ1) is 20.9. The monoisotopic (exact) mass is 399 g/mol. The highest BCUT2D eigenvalue weighted by atomic mass is 19.4. The summed E-state index contributed by atoms with van der Waals surface area (Å²) in [4.78, 5) is 16.4. The van der Waals surface area contributed by atoms with Gasteiger partial charge in [0.05, 0.1) is 11.6 Å². The minimum Gasteiger partial charge on any atom is -0.396 e. The summed E-state index contributed by atoms with van der Waals surface area (Å²) in [5.41, 5.74) is -0.184. The molecule has 2 bridgehead atoms. The van der Waals surface area contributed by atoms with Crippen LogP contribution in [-0.4, -0.2) is 60.8 Å². The molecule has 2 aliphatic heterocycles. The Bertz CT molecular complexity index is 696. The van der Waals surface area contributed by atoms with E-state index in [9.17, 15) is 23.1 Å². The molecule has 3 aliphatic rings. The van der Waals surface area contributed by atoms with E-state index in [1.807, 2.05) is 0 Å². The Morgan fingerprint density at radius 1 is 1.36 bits per heavy atom. The number of aliphatic hydroxyl groups excluding tert-OH is 1. The number of fused-ring (bicyclic) bond motifs is 3. The maximum Gasteiger partial charge on any atom is 0.416 e. The van der Waals surface area contributed by atoms with Gasteiger partial charge in [0.1, 0.15) is 0 Å². The van der Waals surface area contributed by atoms with Crippen LogP contribution in [-0.2, 0) is 6.18 Å². The second-order valence-electron chi connectivity index (χ2n) is 8.13. The Balaban J connectivity index is 1.68. The molecule has 4 atom stereocenters. The van der Waals surface area contributed by atoms with Crippen LogP contribution in [0.2, 0.25) is 0 Å². The van der Waals surface area contributed by atoms with E-state index in [2.05, 4.69) is 5.32 Å². The van der Waals surface area contributed by atoms with E-state index >= 15 is 0 Å². The first-order chi connectivity index (χ1) is 13.2. The minimum atomic E-state index is -4.40. The van der Waals surface area contributed by atoms with Gasteiger partial charge in [-0.3, -0.25) is 0 Å².